The van der Waals surface area contributed by atoms with Crippen LogP contribution in [0.1, 0.15) is 12.0 Å². The van der Waals surface area contributed by atoms with E-state index in [0.717, 1.165) is 5.69 Å². The predicted molar refractivity (Wildman–Crippen MR) is 65.0 cm³/mol. The minimum Gasteiger partial charge on any atom is -0.285 e. The van der Waals surface area contributed by atoms with Crippen LogP contribution in [-0.2, 0) is 19.6 Å². The second kappa shape index (κ2) is 4.54. The van der Waals surface area contributed by atoms with Gasteiger partial charge in [0.1, 0.15) is 0 Å². The third-order valence-electron chi connectivity index (χ3n) is 2.38. The maximum absolute atomic E-state index is 11.1. The van der Waals surface area contributed by atoms with E-state index in [1.165, 1.54) is 0 Å². The zero-order chi connectivity index (χ0) is 12.5. The predicted octanol–water partition coefficient (Wildman–Crippen LogP) is 0.997. The van der Waals surface area contributed by atoms with Gasteiger partial charge in [0, 0.05) is 23.6 Å². The lowest BCUT2D eigenvalue weighted by Crippen LogP contribution is -2.32. The number of halogens is 1. The van der Waals surface area contributed by atoms with Crippen molar-refractivity contribution < 1.29 is 13.2 Å². The molecule has 92 valence electrons. The van der Waals surface area contributed by atoms with Crippen LogP contribution in [0.15, 0.2) is 24.3 Å². The fourth-order valence-electron chi connectivity index (χ4n) is 1.68. The number of carbonyl (C=O) groups is 1. The maximum Gasteiger partial charge on any atom is 0.240 e. The average Bonchev–Trinajstić information content (AvgIpc) is 2.63. The van der Waals surface area contributed by atoms with Crippen molar-refractivity contribution in [1.82, 2.24) is 5.43 Å². The molecular weight excluding hydrogens is 264 g/mol. The standard InChI is InChI=1S/C10H11ClN2O3S/c11-17(15,16)7-8-2-1-3-9(6-8)13-5-4-10(14)12-13/h1-3,6H,4-5,7H2,(H,12,14). The number of benzene rings is 1. The lowest BCUT2D eigenvalue weighted by atomic mass is 10.2. The highest BCUT2D eigenvalue weighted by molar-refractivity contribution is 8.13. The van der Waals surface area contributed by atoms with E-state index in [4.69, 9.17) is 10.7 Å². The highest BCUT2D eigenvalue weighted by Crippen LogP contribution is 2.19. The summed E-state index contributed by atoms with van der Waals surface area (Å²) >= 11 is 0. The van der Waals surface area contributed by atoms with Crippen molar-refractivity contribution in [1.29, 1.82) is 0 Å². The van der Waals surface area contributed by atoms with Crippen molar-refractivity contribution in [3.8, 4) is 0 Å². The molecule has 0 atom stereocenters. The van der Waals surface area contributed by atoms with E-state index in [0.29, 0.717) is 18.5 Å². The van der Waals surface area contributed by atoms with Gasteiger partial charge in [-0.2, -0.15) is 0 Å². The molecule has 1 N–H and O–H groups in total. The number of rotatable bonds is 3. The van der Waals surface area contributed by atoms with Crippen LogP contribution < -0.4 is 10.4 Å². The molecule has 1 saturated heterocycles. The van der Waals surface area contributed by atoms with Gasteiger partial charge in [-0.15, -0.1) is 0 Å². The monoisotopic (exact) mass is 274 g/mol. The van der Waals surface area contributed by atoms with Crippen LogP contribution in [-0.4, -0.2) is 20.9 Å². The van der Waals surface area contributed by atoms with Gasteiger partial charge in [-0.3, -0.25) is 15.2 Å². The first-order valence-electron chi connectivity index (χ1n) is 5.02. The van der Waals surface area contributed by atoms with E-state index in [9.17, 15) is 13.2 Å². The quantitative estimate of drug-likeness (QED) is 0.835. The smallest absolute Gasteiger partial charge is 0.240 e. The van der Waals surface area contributed by atoms with E-state index < -0.39 is 9.05 Å². The molecule has 17 heavy (non-hydrogen) atoms. The Bertz CT molecular complexity index is 544. The number of hydrogen-bond acceptors (Lipinski definition) is 4. The first-order chi connectivity index (χ1) is 7.94. The van der Waals surface area contributed by atoms with E-state index in [1.54, 1.807) is 29.3 Å². The molecule has 1 aromatic rings. The van der Waals surface area contributed by atoms with Gasteiger partial charge in [0.25, 0.3) is 0 Å². The Balaban J connectivity index is 2.20. The number of hydrogen-bond donors (Lipinski definition) is 1. The van der Waals surface area contributed by atoms with Crippen LogP contribution in [0.25, 0.3) is 0 Å². The lowest BCUT2D eigenvalue weighted by molar-refractivity contribution is -0.119. The summed E-state index contributed by atoms with van der Waals surface area (Å²) in [6, 6.07) is 6.92. The first kappa shape index (κ1) is 12.2. The largest absolute Gasteiger partial charge is 0.285 e. The Morgan fingerprint density at radius 1 is 1.41 bits per heavy atom. The molecule has 1 aliphatic rings. The van der Waals surface area contributed by atoms with Gasteiger partial charge < -0.3 is 0 Å². The Morgan fingerprint density at radius 2 is 2.18 bits per heavy atom. The summed E-state index contributed by atoms with van der Waals surface area (Å²) in [5.41, 5.74) is 4.03. The molecule has 0 aromatic heterocycles. The minimum atomic E-state index is -3.56. The Morgan fingerprint density at radius 3 is 2.76 bits per heavy atom. The molecule has 2 rings (SSSR count). The zero-order valence-electron chi connectivity index (χ0n) is 8.89. The van der Waals surface area contributed by atoms with Crippen LogP contribution in [0.4, 0.5) is 5.69 Å². The molecule has 1 fully saturated rings. The van der Waals surface area contributed by atoms with Crippen LogP contribution >= 0.6 is 10.7 Å². The molecule has 0 saturated carbocycles. The van der Waals surface area contributed by atoms with E-state index in [2.05, 4.69) is 5.43 Å². The molecule has 1 amide bonds. The van der Waals surface area contributed by atoms with E-state index in [-0.39, 0.29) is 11.7 Å². The summed E-state index contributed by atoms with van der Waals surface area (Å²) in [6.45, 7) is 0.579. The maximum atomic E-state index is 11.1. The number of nitrogens with zero attached hydrogens (tertiary/aromatic N) is 1. The van der Waals surface area contributed by atoms with Gasteiger partial charge >= 0.3 is 0 Å². The fraction of sp³-hybridized carbons (Fsp3) is 0.300. The number of amides is 1. The van der Waals surface area contributed by atoms with Crippen LogP contribution in [0, 0.1) is 0 Å². The minimum absolute atomic E-state index is 0.0413. The van der Waals surface area contributed by atoms with Gasteiger partial charge in [0.15, 0.2) is 0 Å². The van der Waals surface area contributed by atoms with E-state index in [1.807, 2.05) is 0 Å². The number of anilines is 1. The summed E-state index contributed by atoms with van der Waals surface area (Å²) in [6.07, 6.45) is 0.442. The topological polar surface area (TPSA) is 66.5 Å². The summed E-state index contributed by atoms with van der Waals surface area (Å²) in [5.74, 6) is -0.259. The van der Waals surface area contributed by atoms with Crippen LogP contribution in [0.5, 0.6) is 0 Å². The molecule has 7 heteroatoms. The van der Waals surface area contributed by atoms with Gasteiger partial charge in [0.2, 0.25) is 15.0 Å². The average molecular weight is 275 g/mol. The first-order valence-corrected chi connectivity index (χ1v) is 7.50. The highest BCUT2D eigenvalue weighted by atomic mass is 35.7. The molecule has 0 aliphatic carbocycles. The molecule has 1 aromatic carbocycles. The SMILES string of the molecule is O=C1CCN(c2cccc(CS(=O)(=O)Cl)c2)N1. The zero-order valence-corrected chi connectivity index (χ0v) is 10.5. The summed E-state index contributed by atoms with van der Waals surface area (Å²) in [5, 5.41) is 1.69. The molecule has 0 radical (unpaired) electrons. The van der Waals surface area contributed by atoms with Crippen LogP contribution in [0.3, 0.4) is 0 Å². The van der Waals surface area contributed by atoms with Gasteiger partial charge in [-0.25, -0.2) is 8.42 Å². The van der Waals surface area contributed by atoms with Crippen molar-refractivity contribution in [3.63, 3.8) is 0 Å². The third kappa shape index (κ3) is 3.34. The van der Waals surface area contributed by atoms with Crippen molar-refractivity contribution in [2.75, 3.05) is 11.6 Å². The summed E-state index contributed by atoms with van der Waals surface area (Å²) in [7, 11) is 1.63. The molecular formula is C10H11ClN2O3S. The highest BCUT2D eigenvalue weighted by Gasteiger charge is 2.19. The van der Waals surface area contributed by atoms with Gasteiger partial charge in [-0.05, 0) is 17.7 Å². The second-order valence-electron chi connectivity index (χ2n) is 3.79. The van der Waals surface area contributed by atoms with Gasteiger partial charge in [0.05, 0.1) is 11.4 Å². The Kier molecular flexibility index (Phi) is 3.26. The van der Waals surface area contributed by atoms with Crippen LogP contribution in [0.2, 0.25) is 0 Å². The molecule has 0 unspecified atom stereocenters. The Hall–Kier alpha value is -1.27. The van der Waals surface area contributed by atoms with Gasteiger partial charge in [-0.1, -0.05) is 12.1 Å². The molecule has 1 aliphatic heterocycles. The molecule has 1 heterocycles. The lowest BCUT2D eigenvalue weighted by Gasteiger charge is -2.17. The fourth-order valence-corrected chi connectivity index (χ4v) is 2.64. The molecule has 5 nitrogen and oxygen atoms in total. The van der Waals surface area contributed by atoms with Crippen molar-refractivity contribution in [3.05, 3.63) is 29.8 Å². The molecule has 0 bridgehead atoms. The number of nitrogens with one attached hydrogen (secondary N) is 1. The molecule has 0 spiro atoms. The van der Waals surface area contributed by atoms with Crippen molar-refractivity contribution in [2.45, 2.75) is 12.2 Å². The Labute approximate surface area is 104 Å². The third-order valence-corrected chi connectivity index (χ3v) is 3.39. The second-order valence-corrected chi connectivity index (χ2v) is 6.57. The summed E-state index contributed by atoms with van der Waals surface area (Å²) < 4.78 is 21.9. The normalized spacial score (nSPS) is 16.1. The van der Waals surface area contributed by atoms with Crippen molar-refractivity contribution >= 4 is 31.3 Å². The number of hydrazine groups is 1. The summed E-state index contributed by atoms with van der Waals surface area (Å²) in [4.78, 5) is 11.1. The van der Waals surface area contributed by atoms with Crippen molar-refractivity contribution in [2.24, 2.45) is 0 Å². The number of carbonyl (C=O) groups excluding carboxylic acids is 1. The van der Waals surface area contributed by atoms with E-state index >= 15 is 0 Å².